The third kappa shape index (κ3) is 1.68. The fourth-order valence-electron chi connectivity index (χ4n) is 2.68. The van der Waals surface area contributed by atoms with Crippen molar-refractivity contribution in [2.24, 2.45) is 5.41 Å². The van der Waals surface area contributed by atoms with Crippen LogP contribution in [-0.2, 0) is 0 Å². The van der Waals surface area contributed by atoms with Crippen LogP contribution in [0, 0.1) is 5.41 Å². The van der Waals surface area contributed by atoms with Gasteiger partial charge >= 0.3 is 0 Å². The van der Waals surface area contributed by atoms with Crippen LogP contribution < -0.4 is 4.90 Å². The summed E-state index contributed by atoms with van der Waals surface area (Å²) in [6.07, 6.45) is 4.25. The molecule has 1 aromatic rings. The van der Waals surface area contributed by atoms with E-state index in [1.807, 2.05) is 4.90 Å². The number of alkyl halides is 2. The van der Waals surface area contributed by atoms with E-state index in [0.29, 0.717) is 23.8 Å². The maximum atomic E-state index is 13.4. The molecule has 1 spiro atoms. The van der Waals surface area contributed by atoms with Gasteiger partial charge in [-0.25, -0.2) is 18.7 Å². The molecule has 3 rings (SSSR count). The Morgan fingerprint density at radius 2 is 2.18 bits per heavy atom. The average Bonchev–Trinajstić information content (AvgIpc) is 2.79. The Bertz CT molecular complexity index is 454. The number of hydrogen-bond donors (Lipinski definition) is 0. The number of nitrogens with zero attached hydrogens (tertiary/aromatic N) is 3. The van der Waals surface area contributed by atoms with E-state index in [-0.39, 0.29) is 6.42 Å². The van der Waals surface area contributed by atoms with E-state index in [1.54, 1.807) is 0 Å². The maximum absolute atomic E-state index is 13.4. The second-order valence-electron chi connectivity index (χ2n) is 4.88. The van der Waals surface area contributed by atoms with Gasteiger partial charge in [-0.1, -0.05) is 11.6 Å². The molecule has 1 saturated carbocycles. The van der Waals surface area contributed by atoms with Crippen molar-refractivity contribution in [2.75, 3.05) is 18.0 Å². The van der Waals surface area contributed by atoms with Crippen LogP contribution >= 0.6 is 11.6 Å². The molecule has 1 aliphatic heterocycles. The Kier molecular flexibility index (Phi) is 2.30. The molecule has 0 amide bonds. The highest BCUT2D eigenvalue weighted by molar-refractivity contribution is 6.32. The summed E-state index contributed by atoms with van der Waals surface area (Å²) < 4.78 is 26.7. The highest BCUT2D eigenvalue weighted by Gasteiger charge is 2.71. The van der Waals surface area contributed by atoms with Gasteiger partial charge in [0.1, 0.15) is 11.3 Å². The van der Waals surface area contributed by atoms with E-state index in [4.69, 9.17) is 11.6 Å². The fraction of sp³-hybridized carbons (Fsp3) is 0.636. The molecule has 1 unspecified atom stereocenters. The highest BCUT2D eigenvalue weighted by Crippen LogP contribution is 2.64. The van der Waals surface area contributed by atoms with Crippen LogP contribution in [0.25, 0.3) is 0 Å². The van der Waals surface area contributed by atoms with Crippen LogP contribution in [0.2, 0.25) is 5.02 Å². The molecular weight excluding hydrogens is 248 g/mol. The van der Waals surface area contributed by atoms with E-state index in [2.05, 4.69) is 9.97 Å². The largest absolute Gasteiger partial charge is 0.354 e. The van der Waals surface area contributed by atoms with Gasteiger partial charge in [-0.15, -0.1) is 0 Å². The minimum Gasteiger partial charge on any atom is -0.354 e. The zero-order chi connectivity index (χ0) is 12.1. The summed E-state index contributed by atoms with van der Waals surface area (Å²) in [4.78, 5) is 9.74. The van der Waals surface area contributed by atoms with Crippen LogP contribution in [0.3, 0.4) is 0 Å². The van der Waals surface area contributed by atoms with Crippen LogP contribution in [0.5, 0.6) is 0 Å². The van der Waals surface area contributed by atoms with Gasteiger partial charge in [-0.3, -0.25) is 0 Å². The van der Waals surface area contributed by atoms with Crippen LogP contribution in [0.4, 0.5) is 14.6 Å². The number of halogens is 3. The van der Waals surface area contributed by atoms with Crippen molar-refractivity contribution < 1.29 is 8.78 Å². The quantitative estimate of drug-likeness (QED) is 0.777. The molecule has 6 heteroatoms. The summed E-state index contributed by atoms with van der Waals surface area (Å²) in [7, 11) is 0. The van der Waals surface area contributed by atoms with Gasteiger partial charge in [0.25, 0.3) is 5.92 Å². The molecule has 17 heavy (non-hydrogen) atoms. The Morgan fingerprint density at radius 1 is 1.41 bits per heavy atom. The molecule has 0 aromatic carbocycles. The summed E-state index contributed by atoms with van der Waals surface area (Å²) in [5.74, 6) is -1.94. The summed E-state index contributed by atoms with van der Waals surface area (Å²) in [5.41, 5.74) is -0.834. The van der Waals surface area contributed by atoms with Gasteiger partial charge in [0, 0.05) is 19.5 Å². The second kappa shape index (κ2) is 3.51. The number of hydrogen-bond acceptors (Lipinski definition) is 3. The Hall–Kier alpha value is -0.970. The zero-order valence-corrected chi connectivity index (χ0v) is 9.92. The molecule has 0 radical (unpaired) electrons. The lowest BCUT2D eigenvalue weighted by molar-refractivity contribution is 0.0575. The van der Waals surface area contributed by atoms with E-state index in [9.17, 15) is 8.78 Å². The molecule has 3 nitrogen and oxygen atoms in total. The first-order chi connectivity index (χ1) is 8.04. The van der Waals surface area contributed by atoms with Crippen molar-refractivity contribution in [3.05, 3.63) is 17.5 Å². The molecule has 1 atom stereocenters. The predicted octanol–water partition coefficient (Wildman–Crippen LogP) is 2.76. The summed E-state index contributed by atoms with van der Waals surface area (Å²) in [6.45, 7) is 1.07. The van der Waals surface area contributed by atoms with Gasteiger partial charge in [0.15, 0.2) is 5.82 Å². The molecular formula is C11H12ClF2N3. The van der Waals surface area contributed by atoms with Crippen molar-refractivity contribution in [1.82, 2.24) is 9.97 Å². The van der Waals surface area contributed by atoms with Gasteiger partial charge in [0.05, 0.1) is 11.6 Å². The van der Waals surface area contributed by atoms with Crippen molar-refractivity contribution in [3.8, 4) is 0 Å². The van der Waals surface area contributed by atoms with Gasteiger partial charge < -0.3 is 4.90 Å². The van der Waals surface area contributed by atoms with Crippen LogP contribution in [0.15, 0.2) is 12.5 Å². The third-order valence-electron chi connectivity index (χ3n) is 3.74. The van der Waals surface area contributed by atoms with Crippen LogP contribution in [-0.4, -0.2) is 29.0 Å². The topological polar surface area (TPSA) is 29.0 Å². The Balaban J connectivity index is 1.84. The predicted molar refractivity (Wildman–Crippen MR) is 60.5 cm³/mol. The number of aromatic nitrogens is 2. The van der Waals surface area contributed by atoms with Gasteiger partial charge in [-0.05, 0) is 12.8 Å². The van der Waals surface area contributed by atoms with Gasteiger partial charge in [-0.2, -0.15) is 0 Å². The van der Waals surface area contributed by atoms with E-state index in [1.165, 1.54) is 12.5 Å². The van der Waals surface area contributed by atoms with Gasteiger partial charge in [0.2, 0.25) is 0 Å². The monoisotopic (exact) mass is 259 g/mol. The molecule has 2 fully saturated rings. The van der Waals surface area contributed by atoms with Crippen molar-refractivity contribution >= 4 is 17.4 Å². The van der Waals surface area contributed by atoms with E-state index < -0.39 is 11.3 Å². The smallest absolute Gasteiger partial charge is 0.256 e. The molecule has 0 N–H and O–H groups in total. The first-order valence-corrected chi connectivity index (χ1v) is 6.00. The lowest BCUT2D eigenvalue weighted by atomic mass is 9.94. The second-order valence-corrected chi connectivity index (χ2v) is 5.29. The molecule has 2 heterocycles. The highest BCUT2D eigenvalue weighted by atomic mass is 35.5. The minimum atomic E-state index is -2.51. The van der Waals surface area contributed by atoms with E-state index in [0.717, 1.165) is 13.0 Å². The molecule has 0 bridgehead atoms. The SMILES string of the molecule is FC1(F)CC12CCCN(c1ncncc1Cl)C2. The first-order valence-electron chi connectivity index (χ1n) is 5.62. The fourth-order valence-corrected chi connectivity index (χ4v) is 2.90. The van der Waals surface area contributed by atoms with Crippen molar-refractivity contribution in [2.45, 2.75) is 25.2 Å². The summed E-state index contributed by atoms with van der Waals surface area (Å²) >= 11 is 5.99. The summed E-state index contributed by atoms with van der Waals surface area (Å²) in [6, 6.07) is 0. The normalized spacial score (nSPS) is 30.6. The lowest BCUT2D eigenvalue weighted by Gasteiger charge is -2.34. The Labute approximate surface area is 103 Å². The average molecular weight is 260 g/mol. The molecule has 1 aromatic heterocycles. The minimum absolute atomic E-state index is 0.000791. The Morgan fingerprint density at radius 3 is 2.82 bits per heavy atom. The van der Waals surface area contributed by atoms with E-state index >= 15 is 0 Å². The van der Waals surface area contributed by atoms with Crippen LogP contribution in [0.1, 0.15) is 19.3 Å². The number of rotatable bonds is 1. The molecule has 2 aliphatic rings. The maximum Gasteiger partial charge on any atom is 0.256 e. The number of anilines is 1. The molecule has 1 aliphatic carbocycles. The first kappa shape index (κ1) is 11.1. The molecule has 1 saturated heterocycles. The lowest BCUT2D eigenvalue weighted by Crippen LogP contribution is -2.39. The number of piperidine rings is 1. The van der Waals surface area contributed by atoms with Crippen molar-refractivity contribution in [1.29, 1.82) is 0 Å². The summed E-state index contributed by atoms with van der Waals surface area (Å²) in [5, 5.41) is 0.425. The standard InChI is InChI=1S/C11H12ClF2N3/c12-8-4-15-7-16-9(8)17-3-1-2-10(6-17)5-11(10,13)14/h4,7H,1-3,5-6H2. The molecule has 92 valence electrons. The van der Waals surface area contributed by atoms with Crippen molar-refractivity contribution in [3.63, 3.8) is 0 Å². The third-order valence-corrected chi connectivity index (χ3v) is 4.00. The zero-order valence-electron chi connectivity index (χ0n) is 9.17.